The SMILES string of the molecule is COc1cc(-c2cc(C(=O)N3CCC(C(=O)N(C)Cc4cccc(Cl)c4)CC3)n[nH]2)c(F)cn1. The molecule has 3 aromatic rings. The van der Waals surface area contributed by atoms with Gasteiger partial charge in [0.2, 0.25) is 11.8 Å². The van der Waals surface area contributed by atoms with Gasteiger partial charge in [0.15, 0.2) is 11.5 Å². The lowest BCUT2D eigenvalue weighted by Gasteiger charge is -2.33. The molecule has 4 rings (SSSR count). The second-order valence-electron chi connectivity index (χ2n) is 8.26. The van der Waals surface area contributed by atoms with E-state index in [-0.39, 0.29) is 34.9 Å². The molecule has 0 bridgehead atoms. The van der Waals surface area contributed by atoms with Gasteiger partial charge in [0.05, 0.1) is 19.0 Å². The van der Waals surface area contributed by atoms with E-state index in [0.29, 0.717) is 43.2 Å². The Balaban J connectivity index is 1.35. The zero-order valence-electron chi connectivity index (χ0n) is 18.9. The first-order chi connectivity index (χ1) is 16.4. The first-order valence-corrected chi connectivity index (χ1v) is 11.3. The molecule has 10 heteroatoms. The fourth-order valence-electron chi connectivity index (χ4n) is 4.10. The van der Waals surface area contributed by atoms with Gasteiger partial charge in [0.1, 0.15) is 0 Å². The highest BCUT2D eigenvalue weighted by atomic mass is 35.5. The Kier molecular flexibility index (Phi) is 7.12. The van der Waals surface area contributed by atoms with Gasteiger partial charge in [-0.05, 0) is 36.6 Å². The lowest BCUT2D eigenvalue weighted by atomic mass is 9.95. The van der Waals surface area contributed by atoms with E-state index in [1.807, 2.05) is 18.2 Å². The van der Waals surface area contributed by atoms with Crippen LogP contribution in [0.4, 0.5) is 4.39 Å². The largest absolute Gasteiger partial charge is 0.481 e. The second kappa shape index (κ2) is 10.2. The summed E-state index contributed by atoms with van der Waals surface area (Å²) < 4.78 is 19.2. The Labute approximate surface area is 201 Å². The summed E-state index contributed by atoms with van der Waals surface area (Å²) in [5.41, 5.74) is 1.72. The molecule has 34 heavy (non-hydrogen) atoms. The highest BCUT2D eigenvalue weighted by Crippen LogP contribution is 2.26. The van der Waals surface area contributed by atoms with Gasteiger partial charge < -0.3 is 14.5 Å². The van der Waals surface area contributed by atoms with Gasteiger partial charge in [0.25, 0.3) is 5.91 Å². The van der Waals surface area contributed by atoms with Crippen LogP contribution >= 0.6 is 11.6 Å². The minimum absolute atomic E-state index is 0.0521. The topological polar surface area (TPSA) is 91.4 Å². The molecule has 0 unspecified atom stereocenters. The number of nitrogens with zero attached hydrogens (tertiary/aromatic N) is 4. The minimum atomic E-state index is -0.551. The molecular formula is C24H25ClFN5O3. The molecule has 0 saturated carbocycles. The van der Waals surface area contributed by atoms with Gasteiger partial charge in [-0.1, -0.05) is 23.7 Å². The number of aromatic nitrogens is 3. The molecule has 3 heterocycles. The van der Waals surface area contributed by atoms with Gasteiger partial charge in [-0.2, -0.15) is 5.10 Å². The Hall–Kier alpha value is -3.46. The third-order valence-corrected chi connectivity index (χ3v) is 6.18. The number of nitrogens with one attached hydrogen (secondary N) is 1. The van der Waals surface area contributed by atoms with Crippen molar-refractivity contribution in [2.75, 3.05) is 27.2 Å². The number of carbonyl (C=O) groups excluding carboxylic acids is 2. The number of hydrogen-bond donors (Lipinski definition) is 1. The van der Waals surface area contributed by atoms with Crippen molar-refractivity contribution in [1.29, 1.82) is 0 Å². The van der Waals surface area contributed by atoms with E-state index in [1.165, 1.54) is 19.2 Å². The smallest absolute Gasteiger partial charge is 0.274 e. The Morgan fingerprint density at radius 1 is 1.26 bits per heavy atom. The minimum Gasteiger partial charge on any atom is -0.481 e. The average Bonchev–Trinajstić information content (AvgIpc) is 3.33. The molecule has 1 aliphatic rings. The van der Waals surface area contributed by atoms with Crippen molar-refractivity contribution in [2.24, 2.45) is 5.92 Å². The molecule has 1 saturated heterocycles. The van der Waals surface area contributed by atoms with Gasteiger partial charge in [-0.25, -0.2) is 9.37 Å². The number of ether oxygens (including phenoxy) is 1. The van der Waals surface area contributed by atoms with Crippen LogP contribution < -0.4 is 4.74 Å². The number of benzene rings is 1. The molecule has 1 aliphatic heterocycles. The lowest BCUT2D eigenvalue weighted by Crippen LogP contribution is -2.43. The van der Waals surface area contributed by atoms with Crippen LogP contribution in [0.15, 0.2) is 42.6 Å². The fraction of sp³-hybridized carbons (Fsp3) is 0.333. The number of aromatic amines is 1. The third-order valence-electron chi connectivity index (χ3n) is 5.94. The molecular weight excluding hydrogens is 461 g/mol. The quantitative estimate of drug-likeness (QED) is 0.573. The van der Waals surface area contributed by atoms with Crippen LogP contribution in [0.2, 0.25) is 5.02 Å². The van der Waals surface area contributed by atoms with Crippen molar-refractivity contribution in [1.82, 2.24) is 25.0 Å². The van der Waals surface area contributed by atoms with E-state index in [9.17, 15) is 14.0 Å². The van der Waals surface area contributed by atoms with Crippen molar-refractivity contribution in [3.05, 3.63) is 64.7 Å². The van der Waals surface area contributed by atoms with E-state index in [0.717, 1.165) is 11.8 Å². The van der Waals surface area contributed by atoms with E-state index in [2.05, 4.69) is 15.2 Å². The van der Waals surface area contributed by atoms with Crippen LogP contribution in [0.3, 0.4) is 0 Å². The molecule has 1 N–H and O–H groups in total. The van der Waals surface area contributed by atoms with E-state index < -0.39 is 5.82 Å². The summed E-state index contributed by atoms with van der Waals surface area (Å²) in [6.45, 7) is 1.37. The second-order valence-corrected chi connectivity index (χ2v) is 8.70. The van der Waals surface area contributed by atoms with Crippen LogP contribution in [-0.2, 0) is 11.3 Å². The molecule has 1 aromatic carbocycles. The van der Waals surface area contributed by atoms with Crippen LogP contribution in [-0.4, -0.2) is 64.0 Å². The number of H-pyrrole nitrogens is 1. The van der Waals surface area contributed by atoms with Crippen LogP contribution in [0.5, 0.6) is 5.88 Å². The number of methoxy groups -OCH3 is 1. The average molecular weight is 486 g/mol. The fourth-order valence-corrected chi connectivity index (χ4v) is 4.31. The zero-order chi connectivity index (χ0) is 24.2. The predicted octanol–water partition coefficient (Wildman–Crippen LogP) is 3.78. The maximum atomic E-state index is 14.2. The van der Waals surface area contributed by atoms with E-state index in [4.69, 9.17) is 16.3 Å². The van der Waals surface area contributed by atoms with Gasteiger partial charge in [-0.3, -0.25) is 14.7 Å². The maximum absolute atomic E-state index is 14.2. The number of amides is 2. The number of pyridine rings is 1. The number of piperidine rings is 1. The summed E-state index contributed by atoms with van der Waals surface area (Å²) in [7, 11) is 3.22. The summed E-state index contributed by atoms with van der Waals surface area (Å²) in [6, 6.07) is 10.4. The van der Waals surface area contributed by atoms with Crippen LogP contribution in [0.25, 0.3) is 11.3 Å². The molecule has 2 aromatic heterocycles. The predicted molar refractivity (Wildman–Crippen MR) is 125 cm³/mol. The van der Waals surface area contributed by atoms with Crippen LogP contribution in [0, 0.1) is 11.7 Å². The van der Waals surface area contributed by atoms with Crippen molar-refractivity contribution < 1.29 is 18.7 Å². The number of rotatable bonds is 6. The van der Waals surface area contributed by atoms with E-state index >= 15 is 0 Å². The highest BCUT2D eigenvalue weighted by Gasteiger charge is 2.30. The number of carbonyl (C=O) groups is 2. The maximum Gasteiger partial charge on any atom is 0.274 e. The van der Waals surface area contributed by atoms with E-state index in [1.54, 1.807) is 22.9 Å². The third kappa shape index (κ3) is 5.20. The molecule has 0 aliphatic carbocycles. The molecule has 0 radical (unpaired) electrons. The van der Waals surface area contributed by atoms with Crippen LogP contribution in [0.1, 0.15) is 28.9 Å². The summed E-state index contributed by atoms with van der Waals surface area (Å²) in [6.07, 6.45) is 2.19. The van der Waals surface area contributed by atoms with Crippen molar-refractivity contribution >= 4 is 23.4 Å². The molecule has 8 nitrogen and oxygen atoms in total. The first kappa shape index (κ1) is 23.7. The summed E-state index contributed by atoms with van der Waals surface area (Å²) in [5.74, 6) is -0.657. The van der Waals surface area contributed by atoms with Gasteiger partial charge in [0, 0.05) is 49.3 Å². The summed E-state index contributed by atoms with van der Waals surface area (Å²) >= 11 is 6.04. The molecule has 1 fully saturated rings. The van der Waals surface area contributed by atoms with Crippen molar-refractivity contribution in [3.8, 4) is 17.1 Å². The van der Waals surface area contributed by atoms with Crippen molar-refractivity contribution in [2.45, 2.75) is 19.4 Å². The molecule has 0 spiro atoms. The Morgan fingerprint density at radius 2 is 2.03 bits per heavy atom. The summed E-state index contributed by atoms with van der Waals surface area (Å²) in [4.78, 5) is 33.0. The molecule has 0 atom stereocenters. The van der Waals surface area contributed by atoms with Crippen molar-refractivity contribution in [3.63, 3.8) is 0 Å². The lowest BCUT2D eigenvalue weighted by molar-refractivity contribution is -0.136. The Morgan fingerprint density at radius 3 is 2.74 bits per heavy atom. The molecule has 178 valence electrons. The molecule has 2 amide bonds. The normalized spacial score (nSPS) is 14.2. The zero-order valence-corrected chi connectivity index (χ0v) is 19.7. The summed E-state index contributed by atoms with van der Waals surface area (Å²) in [5, 5.41) is 7.42. The van der Waals surface area contributed by atoms with Gasteiger partial charge in [-0.15, -0.1) is 0 Å². The number of hydrogen-bond acceptors (Lipinski definition) is 5. The standard InChI is InChI=1S/C24H25ClFN5O3/c1-30(14-15-4-3-5-17(25)10-15)23(32)16-6-8-31(9-7-16)24(33)21-12-20(28-29-21)18-11-22(34-2)27-13-19(18)26/h3-5,10-13,16H,6-9,14H2,1-2H3,(H,28,29). The highest BCUT2D eigenvalue weighted by molar-refractivity contribution is 6.30. The number of likely N-dealkylation sites (tertiary alicyclic amines) is 1. The number of halogens is 2. The van der Waals surface area contributed by atoms with Gasteiger partial charge >= 0.3 is 0 Å². The Bertz CT molecular complexity index is 1190. The first-order valence-electron chi connectivity index (χ1n) is 10.9. The monoisotopic (exact) mass is 485 g/mol.